The first kappa shape index (κ1) is 14.3. The van der Waals surface area contributed by atoms with Gasteiger partial charge >= 0.3 is 11.9 Å². The number of carbonyl (C=O) groups excluding carboxylic acids is 2. The maximum absolute atomic E-state index is 11.8. The summed E-state index contributed by atoms with van der Waals surface area (Å²) in [6.07, 6.45) is 1.76. The summed E-state index contributed by atoms with van der Waals surface area (Å²) in [6, 6.07) is 4.12. The summed E-state index contributed by atoms with van der Waals surface area (Å²) in [5, 5.41) is 0. The molecule has 1 aliphatic rings. The number of hydrogen-bond acceptors (Lipinski definition) is 3. The molecule has 1 aromatic rings. The highest BCUT2D eigenvalue weighted by Crippen LogP contribution is 2.29. The largest absolute Gasteiger partial charge is 0.386 e. The molecular formula is C17H18O3. The van der Waals surface area contributed by atoms with Crippen molar-refractivity contribution in [3.8, 4) is 0 Å². The molecule has 1 heterocycles. The predicted molar refractivity (Wildman–Crippen MR) is 78.1 cm³/mol. The van der Waals surface area contributed by atoms with Gasteiger partial charge in [-0.15, -0.1) is 0 Å². The number of aryl methyl sites for hydroxylation is 3. The highest BCUT2D eigenvalue weighted by atomic mass is 16.6. The maximum Gasteiger partial charge on any atom is 0.346 e. The molecule has 0 atom stereocenters. The summed E-state index contributed by atoms with van der Waals surface area (Å²) in [6.45, 7) is 9.63. The third-order valence-electron chi connectivity index (χ3n) is 3.41. The molecule has 1 saturated heterocycles. The molecule has 0 amide bonds. The van der Waals surface area contributed by atoms with Crippen molar-refractivity contribution in [2.75, 3.05) is 0 Å². The predicted octanol–water partition coefficient (Wildman–Crippen LogP) is 3.42. The normalized spacial score (nSPS) is 16.9. The second kappa shape index (κ2) is 5.08. The van der Waals surface area contributed by atoms with Gasteiger partial charge in [0.2, 0.25) is 0 Å². The van der Waals surface area contributed by atoms with Crippen molar-refractivity contribution in [3.63, 3.8) is 0 Å². The molecular weight excluding hydrogens is 252 g/mol. The Kier molecular flexibility index (Phi) is 3.62. The Hall–Kier alpha value is -2.16. The summed E-state index contributed by atoms with van der Waals surface area (Å²) >= 11 is 0. The molecule has 104 valence electrons. The van der Waals surface area contributed by atoms with Crippen LogP contribution >= 0.6 is 0 Å². The molecule has 3 nitrogen and oxygen atoms in total. The number of carbonyl (C=O) groups is 2. The second-order valence-electron chi connectivity index (χ2n) is 5.42. The van der Waals surface area contributed by atoms with Crippen molar-refractivity contribution in [3.05, 3.63) is 51.1 Å². The molecule has 1 aromatic carbocycles. The highest BCUT2D eigenvalue weighted by molar-refractivity contribution is 6.20. The van der Waals surface area contributed by atoms with Gasteiger partial charge in [0.1, 0.15) is 0 Å². The zero-order valence-corrected chi connectivity index (χ0v) is 12.5. The first-order chi connectivity index (χ1) is 9.31. The minimum atomic E-state index is -0.564. The van der Waals surface area contributed by atoms with E-state index in [1.54, 1.807) is 19.9 Å². The molecule has 0 unspecified atom stereocenters. The van der Waals surface area contributed by atoms with Crippen LogP contribution < -0.4 is 0 Å². The van der Waals surface area contributed by atoms with Gasteiger partial charge in [-0.3, -0.25) is 0 Å². The maximum atomic E-state index is 11.8. The summed E-state index contributed by atoms with van der Waals surface area (Å²) < 4.78 is 4.72. The van der Waals surface area contributed by atoms with Gasteiger partial charge in [0.15, 0.2) is 0 Å². The van der Waals surface area contributed by atoms with Gasteiger partial charge in [0, 0.05) is 0 Å². The van der Waals surface area contributed by atoms with E-state index in [2.05, 4.69) is 12.1 Å². The van der Waals surface area contributed by atoms with Crippen LogP contribution in [0.25, 0.3) is 6.08 Å². The van der Waals surface area contributed by atoms with Crippen molar-refractivity contribution < 1.29 is 14.3 Å². The van der Waals surface area contributed by atoms with Crippen LogP contribution in [0.1, 0.15) is 36.1 Å². The number of allylic oxidation sites excluding steroid dienone is 1. The van der Waals surface area contributed by atoms with Gasteiger partial charge < -0.3 is 4.74 Å². The van der Waals surface area contributed by atoms with E-state index in [1.807, 2.05) is 20.8 Å². The van der Waals surface area contributed by atoms with E-state index in [9.17, 15) is 9.59 Å². The first-order valence-corrected chi connectivity index (χ1v) is 6.55. The lowest BCUT2D eigenvalue weighted by atomic mass is 9.95. The molecule has 3 heteroatoms. The minimum absolute atomic E-state index is 0.352. The van der Waals surface area contributed by atoms with E-state index in [0.29, 0.717) is 11.1 Å². The number of benzene rings is 1. The Labute approximate surface area is 118 Å². The van der Waals surface area contributed by atoms with Crippen LogP contribution in [-0.4, -0.2) is 11.9 Å². The Bertz CT molecular complexity index is 648. The molecule has 0 N–H and O–H groups in total. The molecule has 0 radical (unpaired) electrons. The summed E-state index contributed by atoms with van der Waals surface area (Å²) in [5.41, 5.74) is 5.82. The quantitative estimate of drug-likeness (QED) is 0.446. The van der Waals surface area contributed by atoms with E-state index >= 15 is 0 Å². The molecule has 2 rings (SSSR count). The van der Waals surface area contributed by atoms with Crippen LogP contribution in [0.5, 0.6) is 0 Å². The third kappa shape index (κ3) is 2.44. The first-order valence-electron chi connectivity index (χ1n) is 6.55. The fourth-order valence-corrected chi connectivity index (χ4v) is 2.57. The van der Waals surface area contributed by atoms with E-state index in [4.69, 9.17) is 4.74 Å². The standard InChI is InChI=1S/C17H18O3/c1-9(2)15-14(16(18)20-17(15)19)8-13-11(4)6-10(3)7-12(13)5/h6-8H,1-5H3/b14-8-. The van der Waals surface area contributed by atoms with Gasteiger partial charge in [-0.25, -0.2) is 9.59 Å². The smallest absolute Gasteiger partial charge is 0.346 e. The fourth-order valence-electron chi connectivity index (χ4n) is 2.57. The molecule has 0 bridgehead atoms. The lowest BCUT2D eigenvalue weighted by Gasteiger charge is -2.08. The van der Waals surface area contributed by atoms with Crippen LogP contribution in [0.3, 0.4) is 0 Å². The Morgan fingerprint density at radius 2 is 1.55 bits per heavy atom. The van der Waals surface area contributed by atoms with Crippen LogP contribution in [0.4, 0.5) is 0 Å². The lowest BCUT2D eigenvalue weighted by Crippen LogP contribution is -1.97. The second-order valence-corrected chi connectivity index (χ2v) is 5.42. The van der Waals surface area contributed by atoms with Gasteiger partial charge in [-0.2, -0.15) is 0 Å². The monoisotopic (exact) mass is 270 g/mol. The molecule has 0 aromatic heterocycles. The zero-order valence-electron chi connectivity index (χ0n) is 12.5. The van der Waals surface area contributed by atoms with E-state index < -0.39 is 11.9 Å². The van der Waals surface area contributed by atoms with Gasteiger partial charge in [0.05, 0.1) is 11.1 Å². The topological polar surface area (TPSA) is 43.4 Å². The van der Waals surface area contributed by atoms with E-state index in [1.165, 1.54) is 5.56 Å². The number of hydrogen-bond donors (Lipinski definition) is 0. The SMILES string of the molecule is CC(C)=C1C(=O)OC(=O)/C1=C\c1c(C)cc(C)cc1C. The average Bonchev–Trinajstić information content (AvgIpc) is 2.58. The van der Waals surface area contributed by atoms with Crippen molar-refractivity contribution in [2.45, 2.75) is 34.6 Å². The molecule has 0 aliphatic carbocycles. The van der Waals surface area contributed by atoms with Crippen LogP contribution in [-0.2, 0) is 14.3 Å². The van der Waals surface area contributed by atoms with Gasteiger partial charge in [0.25, 0.3) is 0 Å². The number of rotatable bonds is 1. The summed E-state index contributed by atoms with van der Waals surface area (Å²) in [7, 11) is 0. The Morgan fingerprint density at radius 1 is 1.00 bits per heavy atom. The summed E-state index contributed by atoms with van der Waals surface area (Å²) in [4.78, 5) is 23.6. The van der Waals surface area contributed by atoms with Crippen molar-refractivity contribution in [2.24, 2.45) is 0 Å². The number of ether oxygens (including phenoxy) is 1. The molecule has 0 saturated carbocycles. The molecule has 1 aliphatic heterocycles. The number of cyclic esters (lactones) is 2. The van der Waals surface area contributed by atoms with Crippen molar-refractivity contribution in [1.82, 2.24) is 0 Å². The molecule has 20 heavy (non-hydrogen) atoms. The van der Waals surface area contributed by atoms with Gasteiger partial charge in [-0.05, 0) is 57.4 Å². The average molecular weight is 270 g/mol. The summed E-state index contributed by atoms with van der Waals surface area (Å²) in [5.74, 6) is -1.12. The molecule has 1 fully saturated rings. The van der Waals surface area contributed by atoms with E-state index in [0.717, 1.165) is 22.3 Å². The molecule has 0 spiro atoms. The number of esters is 2. The fraction of sp³-hybridized carbons (Fsp3) is 0.294. The highest BCUT2D eigenvalue weighted by Gasteiger charge is 2.34. The van der Waals surface area contributed by atoms with E-state index in [-0.39, 0.29) is 0 Å². The lowest BCUT2D eigenvalue weighted by molar-refractivity contribution is -0.149. The van der Waals surface area contributed by atoms with Crippen molar-refractivity contribution >= 4 is 18.0 Å². The zero-order chi connectivity index (χ0) is 15.0. The van der Waals surface area contributed by atoms with Crippen LogP contribution in [0, 0.1) is 20.8 Å². The Morgan fingerprint density at radius 3 is 2.05 bits per heavy atom. The van der Waals surface area contributed by atoms with Crippen LogP contribution in [0.15, 0.2) is 28.9 Å². The van der Waals surface area contributed by atoms with Crippen LogP contribution in [0.2, 0.25) is 0 Å². The van der Waals surface area contributed by atoms with Crippen molar-refractivity contribution in [1.29, 1.82) is 0 Å². The Balaban J connectivity index is 2.64. The van der Waals surface area contributed by atoms with Gasteiger partial charge in [-0.1, -0.05) is 23.3 Å². The minimum Gasteiger partial charge on any atom is -0.386 e. The third-order valence-corrected chi connectivity index (χ3v) is 3.41.